The number of carboxylic acid groups (broad SMARTS) is 1. The number of nitrogens with one attached hydrogen (secondary N) is 3. The number of sulfonamides is 1. The van der Waals surface area contributed by atoms with Crippen molar-refractivity contribution in [2.24, 2.45) is 4.99 Å². The van der Waals surface area contributed by atoms with Gasteiger partial charge in [-0.3, -0.25) is 19.9 Å². The van der Waals surface area contributed by atoms with Crippen LogP contribution in [0.4, 0.5) is 0 Å². The number of aryl methyl sites for hydroxylation is 1. The van der Waals surface area contributed by atoms with Crippen molar-refractivity contribution in [2.45, 2.75) is 64.3 Å². The number of rotatable bonds is 13. The van der Waals surface area contributed by atoms with Crippen molar-refractivity contribution in [2.75, 3.05) is 18.8 Å². The van der Waals surface area contributed by atoms with E-state index in [4.69, 9.17) is 0 Å². The zero-order valence-electron chi connectivity index (χ0n) is 17.9. The minimum absolute atomic E-state index is 0.0559. The zero-order chi connectivity index (χ0) is 22.7. The molecule has 9 nitrogen and oxygen atoms in total. The molecule has 1 aliphatic rings. The summed E-state index contributed by atoms with van der Waals surface area (Å²) in [6.07, 6.45) is 5.08. The Labute approximate surface area is 187 Å². The van der Waals surface area contributed by atoms with Crippen LogP contribution in [0.1, 0.15) is 55.2 Å². The quantitative estimate of drug-likeness (QED) is 0.322. The molecule has 1 atom stereocenters. The molecule has 0 saturated heterocycles. The van der Waals surface area contributed by atoms with Gasteiger partial charge in [0, 0.05) is 35.7 Å². The van der Waals surface area contributed by atoms with E-state index >= 15 is 0 Å². The van der Waals surface area contributed by atoms with E-state index in [9.17, 15) is 23.1 Å². The molecule has 0 fully saturated rings. The Kier molecular flexibility index (Phi) is 10.4. The highest BCUT2D eigenvalue weighted by Gasteiger charge is 2.24. The molecule has 1 amide bonds. The minimum atomic E-state index is -3.61. The number of nitrogens with zero attached hydrogens (tertiary/aromatic N) is 1. The number of aliphatic carboxylic acids is 1. The van der Waals surface area contributed by atoms with Crippen LogP contribution >= 0.6 is 11.3 Å². The lowest BCUT2D eigenvalue weighted by molar-refractivity contribution is -0.138. The van der Waals surface area contributed by atoms with Crippen LogP contribution in [0, 0.1) is 0 Å². The Hall–Kier alpha value is -1.98. The summed E-state index contributed by atoms with van der Waals surface area (Å²) in [5.41, 5.74) is 0. The molecule has 31 heavy (non-hydrogen) atoms. The second-order valence-electron chi connectivity index (χ2n) is 7.52. The number of carboxylic acids is 1. The second-order valence-corrected chi connectivity index (χ2v) is 10.6. The molecule has 0 aromatic carbocycles. The number of guanidine groups is 1. The van der Waals surface area contributed by atoms with Crippen LogP contribution in [0.2, 0.25) is 0 Å². The average Bonchev–Trinajstić information content (AvgIpc) is 3.17. The van der Waals surface area contributed by atoms with E-state index in [-0.39, 0.29) is 18.1 Å². The third kappa shape index (κ3) is 9.79. The van der Waals surface area contributed by atoms with Crippen LogP contribution in [-0.2, 0) is 32.5 Å². The summed E-state index contributed by atoms with van der Waals surface area (Å²) >= 11 is 1.48. The molecule has 1 aliphatic heterocycles. The monoisotopic (exact) mass is 472 g/mol. The summed E-state index contributed by atoms with van der Waals surface area (Å²) < 4.78 is 26.4. The Bertz CT molecular complexity index is 867. The largest absolute Gasteiger partial charge is 0.480 e. The summed E-state index contributed by atoms with van der Waals surface area (Å²) in [7, 11) is -3.61. The minimum Gasteiger partial charge on any atom is -0.480 e. The molecule has 11 heteroatoms. The SMILES string of the molecule is CCCCS(=O)(=O)NC(Cc1ccc(CCCCC(=O)NC2=NCCCN2)s1)C(=O)O. The van der Waals surface area contributed by atoms with Crippen molar-refractivity contribution in [3.05, 3.63) is 21.9 Å². The average molecular weight is 473 g/mol. The first-order valence-electron chi connectivity index (χ1n) is 10.7. The highest BCUT2D eigenvalue weighted by molar-refractivity contribution is 7.89. The molecule has 0 bridgehead atoms. The van der Waals surface area contributed by atoms with Gasteiger partial charge in [0.25, 0.3) is 0 Å². The van der Waals surface area contributed by atoms with Gasteiger partial charge in [-0.25, -0.2) is 13.1 Å². The molecule has 1 aromatic heterocycles. The number of thiophene rings is 1. The molecular formula is C20H32N4O5S2. The van der Waals surface area contributed by atoms with Gasteiger partial charge in [0.05, 0.1) is 5.75 Å². The van der Waals surface area contributed by atoms with Crippen LogP contribution in [0.3, 0.4) is 0 Å². The molecule has 0 radical (unpaired) electrons. The second kappa shape index (κ2) is 12.8. The van der Waals surface area contributed by atoms with E-state index in [1.54, 1.807) is 0 Å². The maximum atomic E-state index is 12.0. The topological polar surface area (TPSA) is 137 Å². The van der Waals surface area contributed by atoms with Crippen molar-refractivity contribution in [1.29, 1.82) is 0 Å². The van der Waals surface area contributed by atoms with Gasteiger partial charge in [0.2, 0.25) is 15.9 Å². The lowest BCUT2D eigenvalue weighted by Gasteiger charge is -2.14. The molecule has 2 heterocycles. The number of aliphatic imine (C=N–C) groups is 1. The summed E-state index contributed by atoms with van der Waals surface area (Å²) in [6.45, 7) is 3.43. The van der Waals surface area contributed by atoms with Crippen molar-refractivity contribution >= 4 is 39.2 Å². The Balaban J connectivity index is 1.75. The standard InChI is InChI=1S/C20H32N4O5S2/c1-2-3-13-31(28,29)24-17(19(26)27)14-16-10-9-15(30-16)7-4-5-8-18(25)23-20-21-11-6-12-22-20/h9-10,17,24H,2-8,11-14H2,1H3,(H,26,27)(H2,21,22,23,25). The number of hydrogen-bond acceptors (Lipinski definition) is 7. The van der Waals surface area contributed by atoms with Gasteiger partial charge in [0.15, 0.2) is 5.96 Å². The third-order valence-electron chi connectivity index (χ3n) is 4.74. The van der Waals surface area contributed by atoms with E-state index in [0.29, 0.717) is 18.8 Å². The molecule has 0 saturated carbocycles. The highest BCUT2D eigenvalue weighted by Crippen LogP contribution is 2.21. The van der Waals surface area contributed by atoms with Crippen LogP contribution < -0.4 is 15.4 Å². The first-order valence-corrected chi connectivity index (χ1v) is 13.1. The van der Waals surface area contributed by atoms with Crippen molar-refractivity contribution in [3.8, 4) is 0 Å². The molecule has 174 valence electrons. The molecule has 2 rings (SSSR count). The fraction of sp³-hybridized carbons (Fsp3) is 0.650. The Morgan fingerprint density at radius 3 is 2.71 bits per heavy atom. The fourth-order valence-corrected chi connectivity index (χ4v) is 5.56. The number of carbonyl (C=O) groups excluding carboxylic acids is 1. The van der Waals surface area contributed by atoms with Crippen LogP contribution in [-0.4, -0.2) is 56.2 Å². The van der Waals surface area contributed by atoms with Gasteiger partial charge >= 0.3 is 5.97 Å². The molecule has 1 aromatic rings. The smallest absolute Gasteiger partial charge is 0.322 e. The van der Waals surface area contributed by atoms with Crippen molar-refractivity contribution < 1.29 is 23.1 Å². The lowest BCUT2D eigenvalue weighted by atomic mass is 10.1. The zero-order valence-corrected chi connectivity index (χ0v) is 19.5. The van der Waals surface area contributed by atoms with Crippen molar-refractivity contribution in [3.63, 3.8) is 0 Å². The summed E-state index contributed by atoms with van der Waals surface area (Å²) in [5.74, 6) is -0.754. The molecule has 0 spiro atoms. The van der Waals surface area contributed by atoms with E-state index < -0.39 is 22.0 Å². The first kappa shape index (κ1) is 25.3. The number of hydrogen-bond donors (Lipinski definition) is 4. The maximum absolute atomic E-state index is 12.0. The van der Waals surface area contributed by atoms with Crippen LogP contribution in [0.25, 0.3) is 0 Å². The van der Waals surface area contributed by atoms with Gasteiger partial charge in [-0.15, -0.1) is 11.3 Å². The summed E-state index contributed by atoms with van der Waals surface area (Å²) in [5, 5.41) is 15.2. The van der Waals surface area contributed by atoms with E-state index in [2.05, 4.69) is 20.3 Å². The lowest BCUT2D eigenvalue weighted by Crippen LogP contribution is -2.43. The molecular weight excluding hydrogens is 440 g/mol. The first-order chi connectivity index (χ1) is 14.8. The maximum Gasteiger partial charge on any atom is 0.322 e. The van der Waals surface area contributed by atoms with Crippen LogP contribution in [0.15, 0.2) is 17.1 Å². The van der Waals surface area contributed by atoms with Gasteiger partial charge in [-0.05, 0) is 44.2 Å². The molecule has 0 aliphatic carbocycles. The molecule has 4 N–H and O–H groups in total. The van der Waals surface area contributed by atoms with Crippen molar-refractivity contribution in [1.82, 2.24) is 15.4 Å². The van der Waals surface area contributed by atoms with Gasteiger partial charge in [-0.1, -0.05) is 13.3 Å². The van der Waals surface area contributed by atoms with E-state index in [1.807, 2.05) is 19.1 Å². The van der Waals surface area contributed by atoms with Crippen LogP contribution in [0.5, 0.6) is 0 Å². The Morgan fingerprint density at radius 1 is 1.26 bits per heavy atom. The normalized spacial score (nSPS) is 15.1. The van der Waals surface area contributed by atoms with Gasteiger partial charge < -0.3 is 10.4 Å². The summed E-state index contributed by atoms with van der Waals surface area (Å²) in [6, 6.07) is 2.61. The van der Waals surface area contributed by atoms with Gasteiger partial charge in [-0.2, -0.15) is 0 Å². The number of amides is 1. The molecule has 1 unspecified atom stereocenters. The van der Waals surface area contributed by atoms with E-state index in [0.717, 1.165) is 54.9 Å². The van der Waals surface area contributed by atoms with E-state index in [1.165, 1.54) is 11.3 Å². The third-order valence-corrected chi connectivity index (χ3v) is 7.38. The predicted molar refractivity (Wildman–Crippen MR) is 122 cm³/mol. The number of unbranched alkanes of at least 4 members (excludes halogenated alkanes) is 2. The fourth-order valence-electron chi connectivity index (χ4n) is 3.05. The van der Waals surface area contributed by atoms with Gasteiger partial charge in [0.1, 0.15) is 6.04 Å². The highest BCUT2D eigenvalue weighted by atomic mass is 32.2. The predicted octanol–water partition coefficient (Wildman–Crippen LogP) is 1.64. The summed E-state index contributed by atoms with van der Waals surface area (Å²) in [4.78, 5) is 29.6. The number of carbonyl (C=O) groups is 2. The Morgan fingerprint density at radius 2 is 2.03 bits per heavy atom.